The molecule has 17 heavy (non-hydrogen) atoms. The molecular weight excluding hydrogens is 278 g/mol. The van der Waals surface area contributed by atoms with E-state index in [4.69, 9.17) is 0 Å². The second-order valence-corrected chi connectivity index (χ2v) is 6.61. The van der Waals surface area contributed by atoms with Gasteiger partial charge in [-0.05, 0) is 47.2 Å². The van der Waals surface area contributed by atoms with Gasteiger partial charge in [0.2, 0.25) is 0 Å². The van der Waals surface area contributed by atoms with E-state index in [0.717, 1.165) is 4.47 Å². The smallest absolute Gasteiger partial charge is 0.0695 e. The largest absolute Gasteiger partial charge is 0.311 e. The molecule has 0 spiro atoms. The van der Waals surface area contributed by atoms with Crippen LogP contribution in [0, 0.1) is 11.3 Å². The third kappa shape index (κ3) is 2.29. The van der Waals surface area contributed by atoms with Gasteiger partial charge in [-0.2, -0.15) is 5.10 Å². The maximum atomic E-state index is 4.33. The van der Waals surface area contributed by atoms with Crippen molar-refractivity contribution in [2.24, 2.45) is 18.4 Å². The Morgan fingerprint density at radius 2 is 2.29 bits per heavy atom. The summed E-state index contributed by atoms with van der Waals surface area (Å²) in [5.41, 5.74) is 1.68. The minimum Gasteiger partial charge on any atom is -0.311 e. The fourth-order valence-corrected chi connectivity index (χ4v) is 3.86. The Morgan fingerprint density at radius 1 is 1.59 bits per heavy atom. The number of hydrogen-bond donors (Lipinski definition) is 1. The summed E-state index contributed by atoms with van der Waals surface area (Å²) >= 11 is 3.62. The van der Waals surface area contributed by atoms with Gasteiger partial charge in [0, 0.05) is 7.05 Å². The van der Waals surface area contributed by atoms with Crippen molar-refractivity contribution in [3.63, 3.8) is 0 Å². The predicted octanol–water partition coefficient (Wildman–Crippen LogP) is 3.27. The van der Waals surface area contributed by atoms with Crippen molar-refractivity contribution in [2.75, 3.05) is 7.05 Å². The van der Waals surface area contributed by atoms with E-state index in [1.807, 2.05) is 17.9 Å². The van der Waals surface area contributed by atoms with Gasteiger partial charge in [-0.1, -0.05) is 20.3 Å². The second kappa shape index (κ2) is 4.73. The topological polar surface area (TPSA) is 29.9 Å². The lowest BCUT2D eigenvalue weighted by Gasteiger charge is -2.34. The maximum absolute atomic E-state index is 4.33. The maximum Gasteiger partial charge on any atom is 0.0695 e. The van der Waals surface area contributed by atoms with Crippen LogP contribution < -0.4 is 5.32 Å². The van der Waals surface area contributed by atoms with Crippen LogP contribution in [-0.4, -0.2) is 16.8 Å². The first-order valence-electron chi connectivity index (χ1n) is 6.32. The normalized spacial score (nSPS) is 25.1. The Hall–Kier alpha value is -0.350. The molecule has 0 radical (unpaired) electrons. The van der Waals surface area contributed by atoms with Crippen molar-refractivity contribution in [1.29, 1.82) is 0 Å². The first-order valence-corrected chi connectivity index (χ1v) is 7.11. The van der Waals surface area contributed by atoms with Gasteiger partial charge in [-0.25, -0.2) is 0 Å². The number of nitrogens with one attached hydrogen (secondary N) is 1. The minimum atomic E-state index is 0.384. The average molecular weight is 300 g/mol. The van der Waals surface area contributed by atoms with Crippen LogP contribution in [0.4, 0.5) is 0 Å². The van der Waals surface area contributed by atoms with Crippen molar-refractivity contribution in [3.8, 4) is 0 Å². The second-order valence-electron chi connectivity index (χ2n) is 5.76. The van der Waals surface area contributed by atoms with Crippen LogP contribution in [-0.2, 0) is 7.05 Å². The highest BCUT2D eigenvalue weighted by Crippen LogP contribution is 2.49. The molecule has 1 heterocycles. The summed E-state index contributed by atoms with van der Waals surface area (Å²) in [6, 6.07) is 0.384. The fraction of sp³-hybridized carbons (Fsp3) is 0.769. The molecule has 0 aromatic carbocycles. The molecule has 3 nitrogen and oxygen atoms in total. The Labute approximate surface area is 112 Å². The molecule has 4 heteroatoms. The van der Waals surface area contributed by atoms with Crippen LogP contribution in [0.25, 0.3) is 0 Å². The van der Waals surface area contributed by atoms with E-state index >= 15 is 0 Å². The summed E-state index contributed by atoms with van der Waals surface area (Å²) in [6.07, 6.45) is 5.86. The molecule has 0 aliphatic heterocycles. The fourth-order valence-electron chi connectivity index (χ4n) is 3.27. The average Bonchev–Trinajstić information content (AvgIpc) is 2.76. The molecule has 1 fully saturated rings. The zero-order valence-corrected chi connectivity index (χ0v) is 12.7. The highest BCUT2D eigenvalue weighted by molar-refractivity contribution is 9.10. The number of rotatable bonds is 3. The lowest BCUT2D eigenvalue weighted by Crippen LogP contribution is -2.33. The monoisotopic (exact) mass is 299 g/mol. The van der Waals surface area contributed by atoms with E-state index in [-0.39, 0.29) is 0 Å². The predicted molar refractivity (Wildman–Crippen MR) is 73.8 cm³/mol. The first kappa shape index (κ1) is 13.1. The van der Waals surface area contributed by atoms with Crippen LogP contribution >= 0.6 is 15.9 Å². The molecule has 1 N–H and O–H groups in total. The number of aromatic nitrogens is 2. The number of hydrogen-bond acceptors (Lipinski definition) is 2. The SMILES string of the molecule is CNC(c1c(Br)cnn1C)C1CCCC1(C)C. The molecular formula is C13H22BrN3. The lowest BCUT2D eigenvalue weighted by molar-refractivity contribution is 0.197. The number of nitrogens with zero attached hydrogens (tertiary/aromatic N) is 2. The van der Waals surface area contributed by atoms with E-state index in [9.17, 15) is 0 Å². The van der Waals surface area contributed by atoms with Crippen LogP contribution in [0.2, 0.25) is 0 Å². The quantitative estimate of drug-likeness (QED) is 0.928. The Balaban J connectivity index is 2.34. The van der Waals surface area contributed by atoms with Crippen molar-refractivity contribution >= 4 is 15.9 Å². The van der Waals surface area contributed by atoms with E-state index < -0.39 is 0 Å². The summed E-state index contributed by atoms with van der Waals surface area (Å²) in [4.78, 5) is 0. The molecule has 0 saturated heterocycles. The third-order valence-corrected chi connectivity index (χ3v) is 4.90. The molecule has 1 aliphatic carbocycles. The first-order chi connectivity index (χ1) is 7.97. The van der Waals surface area contributed by atoms with Gasteiger partial charge < -0.3 is 5.32 Å². The van der Waals surface area contributed by atoms with Gasteiger partial charge in [-0.15, -0.1) is 0 Å². The number of aryl methyl sites for hydroxylation is 1. The standard InChI is InChI=1S/C13H22BrN3/c1-13(2)7-5-6-9(13)11(15-3)12-10(14)8-16-17(12)4/h8-9,11,15H,5-7H2,1-4H3. The zero-order chi connectivity index (χ0) is 12.6. The summed E-state index contributed by atoms with van der Waals surface area (Å²) in [5, 5.41) is 7.83. The van der Waals surface area contributed by atoms with E-state index in [0.29, 0.717) is 17.4 Å². The van der Waals surface area contributed by atoms with Crippen molar-refractivity contribution in [1.82, 2.24) is 15.1 Å². The van der Waals surface area contributed by atoms with Crippen molar-refractivity contribution < 1.29 is 0 Å². The van der Waals surface area contributed by atoms with Crippen LogP contribution in [0.1, 0.15) is 44.8 Å². The Morgan fingerprint density at radius 3 is 2.71 bits per heavy atom. The van der Waals surface area contributed by atoms with Gasteiger partial charge in [0.1, 0.15) is 0 Å². The van der Waals surface area contributed by atoms with Gasteiger partial charge in [0.15, 0.2) is 0 Å². The molecule has 2 unspecified atom stereocenters. The minimum absolute atomic E-state index is 0.384. The van der Waals surface area contributed by atoms with E-state index in [1.54, 1.807) is 0 Å². The number of halogens is 1. The van der Waals surface area contributed by atoms with E-state index in [1.165, 1.54) is 25.0 Å². The summed E-state index contributed by atoms with van der Waals surface area (Å²) in [7, 11) is 4.07. The van der Waals surface area contributed by atoms with Gasteiger partial charge in [0.25, 0.3) is 0 Å². The van der Waals surface area contributed by atoms with Crippen LogP contribution in [0.3, 0.4) is 0 Å². The zero-order valence-electron chi connectivity index (χ0n) is 11.1. The Kier molecular flexibility index (Phi) is 3.64. The third-order valence-electron chi connectivity index (χ3n) is 4.29. The summed E-state index contributed by atoms with van der Waals surface area (Å²) in [6.45, 7) is 4.78. The van der Waals surface area contributed by atoms with E-state index in [2.05, 4.69) is 47.2 Å². The molecule has 1 aromatic rings. The van der Waals surface area contributed by atoms with Gasteiger partial charge >= 0.3 is 0 Å². The molecule has 2 atom stereocenters. The summed E-state index contributed by atoms with van der Waals surface area (Å²) < 4.78 is 3.10. The Bertz CT molecular complexity index is 378. The van der Waals surface area contributed by atoms with Gasteiger partial charge in [-0.3, -0.25) is 4.68 Å². The molecule has 0 bridgehead atoms. The molecule has 96 valence electrons. The highest BCUT2D eigenvalue weighted by Gasteiger charge is 2.41. The van der Waals surface area contributed by atoms with Gasteiger partial charge in [0.05, 0.1) is 22.4 Å². The molecule has 2 rings (SSSR count). The molecule has 0 amide bonds. The molecule has 1 aromatic heterocycles. The lowest BCUT2D eigenvalue weighted by atomic mass is 9.76. The van der Waals surface area contributed by atoms with Crippen LogP contribution in [0.15, 0.2) is 10.7 Å². The van der Waals surface area contributed by atoms with Crippen molar-refractivity contribution in [2.45, 2.75) is 39.2 Å². The highest BCUT2D eigenvalue weighted by atomic mass is 79.9. The van der Waals surface area contributed by atoms with Crippen molar-refractivity contribution in [3.05, 3.63) is 16.4 Å². The summed E-state index contributed by atoms with van der Waals surface area (Å²) in [5.74, 6) is 0.680. The molecule has 1 saturated carbocycles. The van der Waals surface area contributed by atoms with Crippen LogP contribution in [0.5, 0.6) is 0 Å². The molecule has 1 aliphatic rings.